The Kier molecular flexibility index (Phi) is 5.02. The van der Waals surface area contributed by atoms with Crippen molar-refractivity contribution < 1.29 is 9.18 Å². The van der Waals surface area contributed by atoms with Gasteiger partial charge in [-0.05, 0) is 62.6 Å². The van der Waals surface area contributed by atoms with Gasteiger partial charge in [0.15, 0.2) is 5.78 Å². The van der Waals surface area contributed by atoms with E-state index >= 15 is 0 Å². The van der Waals surface area contributed by atoms with E-state index in [1.807, 2.05) is 6.07 Å². The van der Waals surface area contributed by atoms with Crippen LogP contribution in [0.25, 0.3) is 0 Å². The zero-order valence-corrected chi connectivity index (χ0v) is 13.6. The molecule has 1 heterocycles. The molecule has 0 amide bonds. The SMILES string of the molecule is CC(=O)c1cc(F)c(C)cc1N1CCCC(C(C)C)CC1. The molecule has 21 heavy (non-hydrogen) atoms. The third kappa shape index (κ3) is 3.63. The molecular weight excluding hydrogens is 265 g/mol. The molecule has 0 aromatic heterocycles. The molecule has 1 fully saturated rings. The van der Waals surface area contributed by atoms with Gasteiger partial charge in [0.05, 0.1) is 0 Å². The quantitative estimate of drug-likeness (QED) is 0.759. The molecule has 1 unspecified atom stereocenters. The van der Waals surface area contributed by atoms with E-state index in [0.29, 0.717) is 17.0 Å². The van der Waals surface area contributed by atoms with Gasteiger partial charge < -0.3 is 4.90 Å². The molecule has 1 atom stereocenters. The van der Waals surface area contributed by atoms with Gasteiger partial charge in [-0.25, -0.2) is 4.39 Å². The highest BCUT2D eigenvalue weighted by molar-refractivity contribution is 6.00. The number of carbonyl (C=O) groups is 1. The van der Waals surface area contributed by atoms with Gasteiger partial charge in [-0.15, -0.1) is 0 Å². The molecule has 2 nitrogen and oxygen atoms in total. The molecule has 116 valence electrons. The van der Waals surface area contributed by atoms with Crippen LogP contribution in [0.2, 0.25) is 0 Å². The van der Waals surface area contributed by atoms with Gasteiger partial charge in [-0.2, -0.15) is 0 Å². The molecule has 0 bridgehead atoms. The number of hydrogen-bond donors (Lipinski definition) is 0. The van der Waals surface area contributed by atoms with Gasteiger partial charge in [0.1, 0.15) is 5.82 Å². The van der Waals surface area contributed by atoms with E-state index < -0.39 is 0 Å². The average Bonchev–Trinajstić information content (AvgIpc) is 2.67. The second kappa shape index (κ2) is 6.59. The Labute approximate surface area is 127 Å². The third-order valence-corrected chi connectivity index (χ3v) is 4.71. The Bertz CT molecular complexity index is 524. The van der Waals surface area contributed by atoms with E-state index in [1.54, 1.807) is 6.92 Å². The summed E-state index contributed by atoms with van der Waals surface area (Å²) in [5.41, 5.74) is 2.03. The number of benzene rings is 1. The van der Waals surface area contributed by atoms with Crippen LogP contribution >= 0.6 is 0 Å². The monoisotopic (exact) mass is 291 g/mol. The number of aryl methyl sites for hydroxylation is 1. The van der Waals surface area contributed by atoms with Crippen molar-refractivity contribution in [1.82, 2.24) is 0 Å². The normalized spacial score (nSPS) is 19.7. The maximum atomic E-state index is 13.8. The maximum absolute atomic E-state index is 13.8. The van der Waals surface area contributed by atoms with E-state index in [-0.39, 0.29) is 11.6 Å². The van der Waals surface area contributed by atoms with Gasteiger partial charge in [-0.1, -0.05) is 13.8 Å². The average molecular weight is 291 g/mol. The van der Waals surface area contributed by atoms with Crippen LogP contribution in [0.1, 0.15) is 56.0 Å². The van der Waals surface area contributed by atoms with Crippen molar-refractivity contribution in [2.45, 2.75) is 47.0 Å². The van der Waals surface area contributed by atoms with Crippen molar-refractivity contribution >= 4 is 11.5 Å². The lowest BCUT2D eigenvalue weighted by Gasteiger charge is -2.26. The largest absolute Gasteiger partial charge is 0.371 e. The van der Waals surface area contributed by atoms with E-state index in [4.69, 9.17) is 0 Å². The number of anilines is 1. The van der Waals surface area contributed by atoms with Crippen molar-refractivity contribution in [2.24, 2.45) is 11.8 Å². The van der Waals surface area contributed by atoms with Crippen molar-refractivity contribution in [3.05, 3.63) is 29.1 Å². The first-order chi connectivity index (χ1) is 9.90. The fraction of sp³-hybridized carbons (Fsp3) is 0.611. The number of nitrogens with zero attached hydrogens (tertiary/aromatic N) is 1. The molecule has 0 spiro atoms. The maximum Gasteiger partial charge on any atom is 0.161 e. The van der Waals surface area contributed by atoms with Crippen LogP contribution in [0, 0.1) is 24.6 Å². The Hall–Kier alpha value is -1.38. The van der Waals surface area contributed by atoms with Crippen LogP contribution < -0.4 is 4.90 Å². The predicted molar refractivity (Wildman–Crippen MR) is 85.5 cm³/mol. The van der Waals surface area contributed by atoms with Gasteiger partial charge in [-0.3, -0.25) is 4.79 Å². The molecule has 2 rings (SSSR count). The van der Waals surface area contributed by atoms with E-state index in [1.165, 1.54) is 19.4 Å². The molecule has 1 aromatic carbocycles. The number of Topliss-reactive ketones (excluding diaryl/α,β-unsaturated/α-hetero) is 1. The van der Waals surface area contributed by atoms with Crippen LogP contribution in [0.15, 0.2) is 12.1 Å². The Morgan fingerprint density at radius 1 is 1.29 bits per heavy atom. The summed E-state index contributed by atoms with van der Waals surface area (Å²) < 4.78 is 13.8. The molecule has 1 saturated heterocycles. The van der Waals surface area contributed by atoms with Crippen molar-refractivity contribution in [2.75, 3.05) is 18.0 Å². The minimum absolute atomic E-state index is 0.0615. The summed E-state index contributed by atoms with van der Waals surface area (Å²) in [6.07, 6.45) is 3.52. The van der Waals surface area contributed by atoms with Crippen LogP contribution in [-0.4, -0.2) is 18.9 Å². The van der Waals surface area contributed by atoms with Crippen molar-refractivity contribution in [3.8, 4) is 0 Å². The van der Waals surface area contributed by atoms with Gasteiger partial charge >= 0.3 is 0 Å². The van der Waals surface area contributed by atoms with Crippen LogP contribution in [-0.2, 0) is 0 Å². The van der Waals surface area contributed by atoms with E-state index in [9.17, 15) is 9.18 Å². The highest BCUT2D eigenvalue weighted by Gasteiger charge is 2.22. The Balaban J connectivity index is 2.29. The summed E-state index contributed by atoms with van der Waals surface area (Å²) in [5.74, 6) is 1.09. The Morgan fingerprint density at radius 3 is 2.62 bits per heavy atom. The minimum Gasteiger partial charge on any atom is -0.371 e. The number of carbonyl (C=O) groups excluding carboxylic acids is 1. The predicted octanol–water partition coefficient (Wildman–Crippen LogP) is 4.60. The summed E-state index contributed by atoms with van der Waals surface area (Å²) in [6, 6.07) is 3.24. The topological polar surface area (TPSA) is 20.3 Å². The smallest absolute Gasteiger partial charge is 0.161 e. The van der Waals surface area contributed by atoms with E-state index in [0.717, 1.165) is 37.5 Å². The lowest BCUT2D eigenvalue weighted by atomic mass is 9.89. The molecule has 0 radical (unpaired) electrons. The summed E-state index contributed by atoms with van der Waals surface area (Å²) in [4.78, 5) is 14.1. The zero-order valence-electron chi connectivity index (χ0n) is 13.6. The molecule has 0 saturated carbocycles. The molecule has 1 aliphatic heterocycles. The molecule has 0 aliphatic carbocycles. The lowest BCUT2D eigenvalue weighted by Crippen LogP contribution is -2.26. The number of hydrogen-bond acceptors (Lipinski definition) is 2. The number of ketones is 1. The lowest BCUT2D eigenvalue weighted by molar-refractivity contribution is 0.101. The van der Waals surface area contributed by atoms with Crippen LogP contribution in [0.3, 0.4) is 0 Å². The number of halogens is 1. The van der Waals surface area contributed by atoms with Crippen LogP contribution in [0.4, 0.5) is 10.1 Å². The first-order valence-electron chi connectivity index (χ1n) is 7.96. The van der Waals surface area contributed by atoms with Gasteiger partial charge in [0.2, 0.25) is 0 Å². The summed E-state index contributed by atoms with van der Waals surface area (Å²) in [6.45, 7) is 9.75. The highest BCUT2D eigenvalue weighted by Crippen LogP contribution is 2.30. The zero-order chi connectivity index (χ0) is 15.6. The fourth-order valence-electron chi connectivity index (χ4n) is 3.24. The molecule has 1 aliphatic rings. The van der Waals surface area contributed by atoms with Crippen molar-refractivity contribution in [3.63, 3.8) is 0 Å². The van der Waals surface area contributed by atoms with Crippen molar-refractivity contribution in [1.29, 1.82) is 0 Å². The van der Waals surface area contributed by atoms with Gasteiger partial charge in [0, 0.05) is 24.3 Å². The second-order valence-corrected chi connectivity index (χ2v) is 6.60. The molecule has 0 N–H and O–H groups in total. The molecular formula is C18H26FNO. The summed E-state index contributed by atoms with van der Waals surface area (Å²) in [7, 11) is 0. The summed E-state index contributed by atoms with van der Waals surface area (Å²) in [5, 5.41) is 0. The summed E-state index contributed by atoms with van der Waals surface area (Å²) >= 11 is 0. The first kappa shape index (κ1) is 16.0. The first-order valence-corrected chi connectivity index (χ1v) is 7.96. The van der Waals surface area contributed by atoms with Crippen LogP contribution in [0.5, 0.6) is 0 Å². The Morgan fingerprint density at radius 2 is 2.00 bits per heavy atom. The van der Waals surface area contributed by atoms with Gasteiger partial charge in [0.25, 0.3) is 0 Å². The second-order valence-electron chi connectivity index (χ2n) is 6.60. The number of rotatable bonds is 3. The molecule has 1 aromatic rings. The third-order valence-electron chi connectivity index (χ3n) is 4.71. The molecule has 3 heteroatoms. The minimum atomic E-state index is -0.293. The standard InChI is InChI=1S/C18H26FNO/c1-12(2)15-6-5-8-20(9-7-15)18-10-13(3)17(19)11-16(18)14(4)21/h10-12,15H,5-9H2,1-4H3. The van der Waals surface area contributed by atoms with E-state index in [2.05, 4.69) is 18.7 Å². The fourth-order valence-corrected chi connectivity index (χ4v) is 3.24. The highest BCUT2D eigenvalue weighted by atomic mass is 19.1.